The Morgan fingerprint density at radius 2 is 1.74 bits per heavy atom. The number of hydrogen-bond donors (Lipinski definition) is 0. The topological polar surface area (TPSA) is 73.3 Å². The van der Waals surface area contributed by atoms with Crippen LogP contribution < -0.4 is 0 Å². The third kappa shape index (κ3) is 2.56. The van der Waals surface area contributed by atoms with Crippen molar-refractivity contribution in [2.24, 2.45) is 0 Å². The highest BCUT2D eigenvalue weighted by Gasteiger charge is 2.34. The van der Waals surface area contributed by atoms with Crippen molar-refractivity contribution in [2.45, 2.75) is 0 Å². The summed E-state index contributed by atoms with van der Waals surface area (Å²) < 4.78 is 11.8. The van der Waals surface area contributed by atoms with E-state index in [9.17, 15) is 9.59 Å². The van der Waals surface area contributed by atoms with E-state index in [1.54, 1.807) is 18.4 Å². The standard InChI is InChI=1S/C19H7Cl2NO4S/c20-12-6-9-10(7-13(12)21)17(24)11(16(9)23)4-8-5-15-18(26-8)22-19(27-15)14-2-1-3-25-14/h1-7H. The lowest BCUT2D eigenvalue weighted by Crippen LogP contribution is -1.99. The Morgan fingerprint density at radius 1 is 1.04 bits per heavy atom. The fourth-order valence-corrected chi connectivity index (χ4v) is 4.15. The number of nitrogens with zero attached hydrogens (tertiary/aromatic N) is 1. The summed E-state index contributed by atoms with van der Waals surface area (Å²) in [5, 5.41) is 1.15. The second kappa shape index (κ2) is 5.92. The molecule has 0 fully saturated rings. The summed E-state index contributed by atoms with van der Waals surface area (Å²) in [5.74, 6) is 0.211. The zero-order chi connectivity index (χ0) is 18.7. The Labute approximate surface area is 165 Å². The average Bonchev–Trinajstić information content (AvgIpc) is 3.38. The van der Waals surface area contributed by atoms with Crippen molar-refractivity contribution in [3.8, 4) is 10.8 Å². The first-order valence-electron chi connectivity index (χ1n) is 7.75. The normalized spacial score (nSPS) is 13.6. The van der Waals surface area contributed by atoms with Crippen LogP contribution in [0.3, 0.4) is 0 Å². The Bertz CT molecular complexity index is 1210. The SMILES string of the molecule is O=C1C(=Cc2cc3sc(-c4ccco4)nc3o2)C(=O)c2cc(Cl)c(Cl)cc21. The number of fused-ring (bicyclic) bond motifs is 2. The first-order chi connectivity index (χ1) is 13.0. The number of Topliss-reactive ketones (excluding diaryl/α,β-unsaturated/α-hetero) is 2. The molecule has 0 unspecified atom stereocenters. The van der Waals surface area contributed by atoms with Crippen LogP contribution in [0.25, 0.3) is 27.3 Å². The fraction of sp³-hybridized carbons (Fsp3) is 0. The number of halogens is 2. The fourth-order valence-electron chi connectivity index (χ4n) is 2.92. The van der Waals surface area contributed by atoms with E-state index in [0.717, 1.165) is 4.70 Å². The van der Waals surface area contributed by atoms with E-state index in [2.05, 4.69) is 4.98 Å². The van der Waals surface area contributed by atoms with E-state index in [4.69, 9.17) is 32.0 Å². The van der Waals surface area contributed by atoms with Gasteiger partial charge in [0.1, 0.15) is 5.76 Å². The number of thiazole rings is 1. The second-order valence-electron chi connectivity index (χ2n) is 5.84. The van der Waals surface area contributed by atoms with E-state index in [1.165, 1.54) is 29.5 Å². The van der Waals surface area contributed by atoms with Gasteiger partial charge in [-0.2, -0.15) is 4.98 Å². The maximum absolute atomic E-state index is 12.6. The van der Waals surface area contributed by atoms with Gasteiger partial charge in [0.05, 0.1) is 26.6 Å². The molecule has 132 valence electrons. The molecule has 0 N–H and O–H groups in total. The lowest BCUT2D eigenvalue weighted by Gasteiger charge is -1.98. The van der Waals surface area contributed by atoms with Gasteiger partial charge < -0.3 is 8.83 Å². The molecule has 0 atom stereocenters. The third-order valence-corrected chi connectivity index (χ3v) is 5.89. The van der Waals surface area contributed by atoms with Gasteiger partial charge in [-0.15, -0.1) is 11.3 Å². The van der Waals surface area contributed by atoms with Crippen LogP contribution in [0.2, 0.25) is 10.0 Å². The molecule has 1 aliphatic carbocycles. The number of carbonyl (C=O) groups is 2. The minimum absolute atomic E-state index is 0.0102. The lowest BCUT2D eigenvalue weighted by molar-refractivity contribution is 0.0990. The number of carbonyl (C=O) groups excluding carboxylic acids is 2. The minimum atomic E-state index is -0.405. The van der Waals surface area contributed by atoms with Crippen LogP contribution in [-0.4, -0.2) is 16.6 Å². The van der Waals surface area contributed by atoms with Gasteiger partial charge >= 0.3 is 0 Å². The summed E-state index contributed by atoms with van der Waals surface area (Å²) in [6.07, 6.45) is 3.00. The van der Waals surface area contributed by atoms with Crippen molar-refractivity contribution in [1.82, 2.24) is 4.98 Å². The molecule has 27 heavy (non-hydrogen) atoms. The molecule has 0 saturated heterocycles. The summed E-state index contributed by atoms with van der Waals surface area (Å²) in [5.41, 5.74) is 0.912. The molecule has 0 saturated carbocycles. The zero-order valence-corrected chi connectivity index (χ0v) is 15.6. The Kier molecular flexibility index (Phi) is 3.62. The first-order valence-corrected chi connectivity index (χ1v) is 9.33. The minimum Gasteiger partial charge on any atom is -0.462 e. The van der Waals surface area contributed by atoms with Gasteiger partial charge in [-0.3, -0.25) is 9.59 Å². The molecule has 0 aliphatic heterocycles. The molecule has 0 radical (unpaired) electrons. The number of hydrogen-bond acceptors (Lipinski definition) is 6. The lowest BCUT2D eigenvalue weighted by atomic mass is 10.1. The molecule has 0 spiro atoms. The van der Waals surface area contributed by atoms with E-state index < -0.39 is 11.6 Å². The molecule has 5 nitrogen and oxygen atoms in total. The highest BCUT2D eigenvalue weighted by atomic mass is 35.5. The maximum Gasteiger partial charge on any atom is 0.238 e. The van der Waals surface area contributed by atoms with Crippen molar-refractivity contribution in [3.05, 3.63) is 69.1 Å². The molecule has 1 aliphatic rings. The second-order valence-corrected chi connectivity index (χ2v) is 7.69. The van der Waals surface area contributed by atoms with Crippen LogP contribution in [0.4, 0.5) is 0 Å². The average molecular weight is 416 g/mol. The number of ketones is 2. The highest BCUT2D eigenvalue weighted by Crippen LogP contribution is 2.36. The van der Waals surface area contributed by atoms with Crippen LogP contribution in [-0.2, 0) is 0 Å². The van der Waals surface area contributed by atoms with Crippen LogP contribution in [0.1, 0.15) is 26.5 Å². The summed E-state index contributed by atoms with van der Waals surface area (Å²) in [7, 11) is 0. The zero-order valence-electron chi connectivity index (χ0n) is 13.3. The number of allylic oxidation sites excluding steroid dienone is 1. The van der Waals surface area contributed by atoms with Crippen LogP contribution in [0, 0.1) is 0 Å². The maximum atomic E-state index is 12.6. The molecule has 0 bridgehead atoms. The summed E-state index contributed by atoms with van der Waals surface area (Å²) in [4.78, 5) is 29.5. The summed E-state index contributed by atoms with van der Waals surface area (Å²) in [6.45, 7) is 0. The molecule has 5 rings (SSSR count). The first kappa shape index (κ1) is 16.5. The van der Waals surface area contributed by atoms with Gasteiger partial charge in [-0.05, 0) is 30.3 Å². The van der Waals surface area contributed by atoms with Gasteiger partial charge in [-0.1, -0.05) is 23.2 Å². The number of aromatic nitrogens is 1. The highest BCUT2D eigenvalue weighted by molar-refractivity contribution is 7.21. The largest absolute Gasteiger partial charge is 0.462 e. The molecule has 3 heterocycles. The summed E-state index contributed by atoms with van der Waals surface area (Å²) in [6, 6.07) is 8.15. The third-order valence-electron chi connectivity index (χ3n) is 4.17. The van der Waals surface area contributed by atoms with Crippen molar-refractivity contribution < 1.29 is 18.4 Å². The van der Waals surface area contributed by atoms with Crippen molar-refractivity contribution in [1.29, 1.82) is 0 Å². The van der Waals surface area contributed by atoms with Gasteiger partial charge in [-0.25, -0.2) is 0 Å². The molecule has 0 amide bonds. The van der Waals surface area contributed by atoms with E-state index >= 15 is 0 Å². The van der Waals surface area contributed by atoms with Gasteiger partial charge in [0.25, 0.3) is 0 Å². The van der Waals surface area contributed by atoms with Crippen molar-refractivity contribution in [3.63, 3.8) is 0 Å². The van der Waals surface area contributed by atoms with Crippen LogP contribution >= 0.6 is 34.5 Å². The van der Waals surface area contributed by atoms with Crippen molar-refractivity contribution >= 4 is 62.6 Å². The number of rotatable bonds is 2. The number of furan rings is 2. The Balaban J connectivity index is 1.54. The molecular formula is C19H7Cl2NO4S. The smallest absolute Gasteiger partial charge is 0.238 e. The van der Waals surface area contributed by atoms with Gasteiger partial charge in [0.15, 0.2) is 22.3 Å². The van der Waals surface area contributed by atoms with Crippen molar-refractivity contribution in [2.75, 3.05) is 0 Å². The Hall–Kier alpha value is -2.67. The quantitative estimate of drug-likeness (QED) is 0.300. The van der Waals surface area contributed by atoms with E-state index in [1.807, 2.05) is 6.07 Å². The van der Waals surface area contributed by atoms with Gasteiger partial charge in [0.2, 0.25) is 5.71 Å². The van der Waals surface area contributed by atoms with Crippen LogP contribution in [0.15, 0.2) is 51.0 Å². The molecule has 3 aromatic heterocycles. The summed E-state index contributed by atoms with van der Waals surface area (Å²) >= 11 is 13.3. The molecular weight excluding hydrogens is 409 g/mol. The van der Waals surface area contributed by atoms with Gasteiger partial charge in [0, 0.05) is 17.2 Å². The van der Waals surface area contributed by atoms with Crippen LogP contribution in [0.5, 0.6) is 0 Å². The van der Waals surface area contributed by atoms with E-state index in [0.29, 0.717) is 22.2 Å². The molecule has 1 aromatic carbocycles. The predicted molar refractivity (Wildman–Crippen MR) is 103 cm³/mol. The molecule has 8 heteroatoms. The Morgan fingerprint density at radius 3 is 2.33 bits per heavy atom. The predicted octanol–water partition coefficient (Wildman–Crippen LogP) is 5.92. The molecule has 4 aromatic rings. The number of benzene rings is 1. The van der Waals surface area contributed by atoms with E-state index in [-0.39, 0.29) is 26.7 Å². The monoisotopic (exact) mass is 415 g/mol.